The van der Waals surface area contributed by atoms with Crippen LogP contribution in [-0.2, 0) is 19.7 Å². The lowest BCUT2D eigenvalue weighted by molar-refractivity contribution is 0.565. The standard InChI is InChI=1S/C18H20O4S3/c19-24(20,16-9-3-1-4-10-16)18(14-15-8-7-13-23-15)25(21,22)17-11-5-2-6-12-17/h1-6,9-12,15,18H,7-8,13-14H2. The van der Waals surface area contributed by atoms with Crippen molar-refractivity contribution < 1.29 is 16.8 Å². The molecule has 4 nitrogen and oxygen atoms in total. The van der Waals surface area contributed by atoms with Gasteiger partial charge in [-0.25, -0.2) is 16.8 Å². The van der Waals surface area contributed by atoms with Gasteiger partial charge in [0.15, 0.2) is 24.3 Å². The van der Waals surface area contributed by atoms with E-state index in [4.69, 9.17) is 0 Å². The largest absolute Gasteiger partial charge is 0.222 e. The Morgan fingerprint density at radius 2 is 1.32 bits per heavy atom. The SMILES string of the molecule is O=S(=O)(c1ccccc1)C(CC1CCCS1)S(=O)(=O)c1ccccc1. The minimum Gasteiger partial charge on any atom is -0.222 e. The molecule has 2 aromatic carbocycles. The lowest BCUT2D eigenvalue weighted by atomic mass is 10.2. The van der Waals surface area contributed by atoms with Crippen molar-refractivity contribution in [2.24, 2.45) is 0 Å². The molecule has 0 radical (unpaired) electrons. The Bertz CT molecular complexity index is 832. The predicted octanol–water partition coefficient (Wildman–Crippen LogP) is 3.55. The van der Waals surface area contributed by atoms with Gasteiger partial charge in [0, 0.05) is 5.25 Å². The van der Waals surface area contributed by atoms with Crippen LogP contribution >= 0.6 is 11.8 Å². The van der Waals surface area contributed by atoms with E-state index in [-0.39, 0.29) is 21.5 Å². The van der Waals surface area contributed by atoms with Crippen LogP contribution in [0.4, 0.5) is 0 Å². The number of hydrogen-bond acceptors (Lipinski definition) is 5. The fraction of sp³-hybridized carbons (Fsp3) is 0.333. The van der Waals surface area contributed by atoms with E-state index in [2.05, 4.69) is 0 Å². The molecule has 0 bridgehead atoms. The van der Waals surface area contributed by atoms with Crippen molar-refractivity contribution in [1.29, 1.82) is 0 Å². The van der Waals surface area contributed by atoms with E-state index in [0.29, 0.717) is 0 Å². The first kappa shape index (κ1) is 18.5. The second-order valence-corrected chi connectivity index (χ2v) is 12.0. The highest BCUT2D eigenvalue weighted by atomic mass is 32.3. The second-order valence-electron chi connectivity index (χ2n) is 6.02. The van der Waals surface area contributed by atoms with E-state index in [0.717, 1.165) is 18.6 Å². The predicted molar refractivity (Wildman–Crippen MR) is 101 cm³/mol. The minimum atomic E-state index is -4.00. The van der Waals surface area contributed by atoms with Gasteiger partial charge in [0.25, 0.3) is 0 Å². The molecular formula is C18H20O4S3. The van der Waals surface area contributed by atoms with Gasteiger partial charge < -0.3 is 0 Å². The Balaban J connectivity index is 2.07. The van der Waals surface area contributed by atoms with Gasteiger partial charge in [-0.15, -0.1) is 0 Å². The highest BCUT2D eigenvalue weighted by Crippen LogP contribution is 2.36. The Morgan fingerprint density at radius 3 is 1.72 bits per heavy atom. The van der Waals surface area contributed by atoms with Gasteiger partial charge in [0.05, 0.1) is 9.79 Å². The van der Waals surface area contributed by atoms with Crippen LogP contribution in [0, 0.1) is 0 Å². The quantitative estimate of drug-likeness (QED) is 0.747. The van der Waals surface area contributed by atoms with E-state index in [1.807, 2.05) is 0 Å². The third-order valence-corrected chi connectivity index (χ3v) is 10.9. The van der Waals surface area contributed by atoms with Crippen molar-refractivity contribution in [3.05, 3.63) is 60.7 Å². The van der Waals surface area contributed by atoms with Gasteiger partial charge in [-0.3, -0.25) is 0 Å². The molecule has 134 valence electrons. The van der Waals surface area contributed by atoms with Gasteiger partial charge in [0.1, 0.15) is 0 Å². The van der Waals surface area contributed by atoms with Gasteiger partial charge in [-0.2, -0.15) is 11.8 Å². The van der Waals surface area contributed by atoms with Crippen LogP contribution in [0.25, 0.3) is 0 Å². The Labute approximate surface area is 153 Å². The lowest BCUT2D eigenvalue weighted by Crippen LogP contribution is -2.33. The molecule has 1 unspecified atom stereocenters. The smallest absolute Gasteiger partial charge is 0.195 e. The van der Waals surface area contributed by atoms with Gasteiger partial charge in [0.2, 0.25) is 0 Å². The summed E-state index contributed by atoms with van der Waals surface area (Å²) in [5.74, 6) is 0.953. The molecule has 0 aliphatic carbocycles. The summed E-state index contributed by atoms with van der Waals surface area (Å²) in [4.78, 5) is 0.116. The van der Waals surface area contributed by atoms with Gasteiger partial charge >= 0.3 is 0 Å². The molecule has 7 heteroatoms. The molecule has 1 heterocycles. The molecule has 2 aromatic rings. The van der Waals surface area contributed by atoms with E-state index in [1.54, 1.807) is 48.2 Å². The molecule has 1 fully saturated rings. The summed E-state index contributed by atoms with van der Waals surface area (Å²) in [6, 6.07) is 15.7. The molecule has 0 spiro atoms. The Morgan fingerprint density at radius 1 is 0.840 bits per heavy atom. The third-order valence-electron chi connectivity index (χ3n) is 4.32. The number of rotatable bonds is 6. The molecule has 0 N–H and O–H groups in total. The number of hydrogen-bond donors (Lipinski definition) is 0. The normalized spacial score (nSPS) is 18.5. The number of sulfone groups is 2. The maximum Gasteiger partial charge on any atom is 0.195 e. The average molecular weight is 397 g/mol. The van der Waals surface area contributed by atoms with Crippen molar-refractivity contribution in [3.8, 4) is 0 Å². The van der Waals surface area contributed by atoms with Crippen LogP contribution in [0.3, 0.4) is 0 Å². The minimum absolute atomic E-state index is 0.0574. The van der Waals surface area contributed by atoms with Crippen LogP contribution in [0.5, 0.6) is 0 Å². The van der Waals surface area contributed by atoms with Crippen LogP contribution in [0.2, 0.25) is 0 Å². The Kier molecular flexibility index (Phi) is 5.55. The van der Waals surface area contributed by atoms with Gasteiger partial charge in [-0.05, 0) is 49.3 Å². The highest BCUT2D eigenvalue weighted by molar-refractivity contribution is 8.09. The maximum absolute atomic E-state index is 13.2. The fourth-order valence-corrected chi connectivity index (χ4v) is 9.21. The Hall–Kier alpha value is -1.31. The zero-order valence-corrected chi connectivity index (χ0v) is 16.1. The molecule has 0 amide bonds. The van der Waals surface area contributed by atoms with E-state index >= 15 is 0 Å². The summed E-state index contributed by atoms with van der Waals surface area (Å²) in [5.41, 5.74) is 0. The van der Waals surface area contributed by atoms with Crippen LogP contribution in [0.15, 0.2) is 70.5 Å². The summed E-state index contributed by atoms with van der Waals surface area (Å²) < 4.78 is 51.1. The van der Waals surface area contributed by atoms with Crippen LogP contribution < -0.4 is 0 Å². The van der Waals surface area contributed by atoms with Crippen molar-refractivity contribution in [1.82, 2.24) is 0 Å². The number of thioether (sulfide) groups is 1. The lowest BCUT2D eigenvalue weighted by Gasteiger charge is -2.21. The topological polar surface area (TPSA) is 68.3 Å². The van der Waals surface area contributed by atoms with Crippen molar-refractivity contribution in [2.45, 2.75) is 38.9 Å². The first-order valence-corrected chi connectivity index (χ1v) is 12.3. The zero-order chi connectivity index (χ0) is 17.9. The zero-order valence-electron chi connectivity index (χ0n) is 13.6. The molecule has 0 aromatic heterocycles. The molecule has 3 rings (SSSR count). The third kappa shape index (κ3) is 3.93. The first-order valence-electron chi connectivity index (χ1n) is 8.12. The van der Waals surface area contributed by atoms with E-state index in [1.165, 1.54) is 24.3 Å². The molecule has 25 heavy (non-hydrogen) atoms. The molecule has 1 atom stereocenters. The van der Waals surface area contributed by atoms with E-state index in [9.17, 15) is 16.8 Å². The molecule has 1 aliphatic heterocycles. The highest BCUT2D eigenvalue weighted by Gasteiger charge is 2.41. The fourth-order valence-electron chi connectivity index (χ4n) is 2.99. The summed E-state index contributed by atoms with van der Waals surface area (Å²) in [6.07, 6.45) is 1.98. The van der Waals surface area contributed by atoms with Crippen molar-refractivity contribution >= 4 is 31.4 Å². The molecular weight excluding hydrogens is 376 g/mol. The molecule has 1 aliphatic rings. The van der Waals surface area contributed by atoms with Crippen LogP contribution in [0.1, 0.15) is 19.3 Å². The molecule has 1 saturated heterocycles. The number of benzene rings is 2. The van der Waals surface area contributed by atoms with Crippen LogP contribution in [-0.4, -0.2) is 32.4 Å². The molecule has 0 saturated carbocycles. The first-order chi connectivity index (χ1) is 11.9. The van der Waals surface area contributed by atoms with Crippen molar-refractivity contribution in [2.75, 3.05) is 5.75 Å². The summed E-state index contributed by atoms with van der Waals surface area (Å²) in [5, 5.41) is 0.0574. The van der Waals surface area contributed by atoms with Crippen molar-refractivity contribution in [3.63, 3.8) is 0 Å². The van der Waals surface area contributed by atoms with Gasteiger partial charge in [-0.1, -0.05) is 36.4 Å². The summed E-state index contributed by atoms with van der Waals surface area (Å²) >= 11 is 1.66. The average Bonchev–Trinajstić information content (AvgIpc) is 3.14. The maximum atomic E-state index is 13.2. The summed E-state index contributed by atoms with van der Waals surface area (Å²) in [7, 11) is -7.99. The summed E-state index contributed by atoms with van der Waals surface area (Å²) in [6.45, 7) is 0. The second kappa shape index (κ2) is 7.51. The monoisotopic (exact) mass is 396 g/mol. The van der Waals surface area contributed by atoms with E-state index < -0.39 is 24.3 Å².